The Labute approximate surface area is 179 Å². The minimum Gasteiger partial charge on any atom is -0.460 e. The van der Waals surface area contributed by atoms with Crippen molar-refractivity contribution in [2.24, 2.45) is 5.10 Å². The fraction of sp³-hybridized carbons (Fsp3) is 0.545. The van der Waals surface area contributed by atoms with E-state index in [1.807, 2.05) is 26.0 Å². The maximum atomic E-state index is 9.97. The molecule has 0 saturated carbocycles. The molecule has 1 heterocycles. The van der Waals surface area contributed by atoms with Crippen LogP contribution in [0.4, 0.5) is 11.6 Å². The number of aryl methyl sites for hydroxylation is 2. The SMILES string of the molecule is CCCN(CCC)c1nc(/C=N/Nc2cc(C)ccc2C)nc(OCC(C)(C)O)n1. The smallest absolute Gasteiger partial charge is 0.321 e. The van der Waals surface area contributed by atoms with E-state index in [-0.39, 0.29) is 12.6 Å². The number of hydrogen-bond donors (Lipinski definition) is 2. The van der Waals surface area contributed by atoms with Crippen molar-refractivity contribution in [2.45, 2.75) is 60.0 Å². The summed E-state index contributed by atoms with van der Waals surface area (Å²) in [6, 6.07) is 6.32. The van der Waals surface area contributed by atoms with Crippen LogP contribution in [0, 0.1) is 13.8 Å². The summed E-state index contributed by atoms with van der Waals surface area (Å²) in [5.41, 5.74) is 5.24. The molecule has 2 N–H and O–H groups in total. The van der Waals surface area contributed by atoms with Crippen LogP contribution in [0.1, 0.15) is 57.5 Å². The van der Waals surface area contributed by atoms with Gasteiger partial charge in [-0.3, -0.25) is 5.43 Å². The minimum absolute atomic E-state index is 0.0787. The highest BCUT2D eigenvalue weighted by Gasteiger charge is 2.17. The highest BCUT2D eigenvalue weighted by molar-refractivity contribution is 5.76. The van der Waals surface area contributed by atoms with Crippen molar-refractivity contribution in [1.29, 1.82) is 0 Å². The van der Waals surface area contributed by atoms with Gasteiger partial charge in [-0.15, -0.1) is 0 Å². The lowest BCUT2D eigenvalue weighted by Gasteiger charge is -2.22. The highest BCUT2D eigenvalue weighted by Crippen LogP contribution is 2.17. The van der Waals surface area contributed by atoms with E-state index in [0.717, 1.165) is 42.7 Å². The van der Waals surface area contributed by atoms with Crippen LogP contribution < -0.4 is 15.1 Å². The fourth-order valence-corrected chi connectivity index (χ4v) is 2.73. The zero-order chi connectivity index (χ0) is 22.1. The molecule has 2 aromatic rings. The van der Waals surface area contributed by atoms with Crippen molar-refractivity contribution in [3.8, 4) is 6.01 Å². The summed E-state index contributed by atoms with van der Waals surface area (Å²) >= 11 is 0. The lowest BCUT2D eigenvalue weighted by Crippen LogP contribution is -2.30. The molecule has 1 aromatic heterocycles. The van der Waals surface area contributed by atoms with Crippen molar-refractivity contribution in [1.82, 2.24) is 15.0 Å². The Balaban J connectivity index is 2.28. The number of benzene rings is 1. The first-order valence-corrected chi connectivity index (χ1v) is 10.4. The molecule has 0 fully saturated rings. The molecule has 0 spiro atoms. The van der Waals surface area contributed by atoms with Gasteiger partial charge in [-0.2, -0.15) is 20.1 Å². The number of anilines is 2. The Hall–Kier alpha value is -2.74. The molecule has 164 valence electrons. The second kappa shape index (κ2) is 10.9. The van der Waals surface area contributed by atoms with Gasteiger partial charge in [0.2, 0.25) is 5.95 Å². The van der Waals surface area contributed by atoms with Gasteiger partial charge >= 0.3 is 6.01 Å². The normalized spacial score (nSPS) is 11.7. The summed E-state index contributed by atoms with van der Waals surface area (Å²) in [6.45, 7) is 13.4. The second-order valence-corrected chi connectivity index (χ2v) is 8.05. The number of ether oxygens (including phenoxy) is 1. The first-order valence-electron chi connectivity index (χ1n) is 10.4. The predicted octanol–water partition coefficient (Wildman–Crippen LogP) is 3.71. The third-order valence-electron chi connectivity index (χ3n) is 4.20. The molecule has 0 aliphatic rings. The van der Waals surface area contributed by atoms with E-state index in [0.29, 0.717) is 11.8 Å². The van der Waals surface area contributed by atoms with Gasteiger partial charge < -0.3 is 14.7 Å². The molecular weight excluding hydrogens is 380 g/mol. The van der Waals surface area contributed by atoms with Gasteiger partial charge in [0, 0.05) is 13.1 Å². The summed E-state index contributed by atoms with van der Waals surface area (Å²) < 4.78 is 5.64. The standard InChI is InChI=1S/C22H34N6O2/c1-7-11-28(12-8-2)20-24-19(25-21(26-20)30-15-22(5,6)29)14-23-27-18-13-16(3)9-10-17(18)4/h9-10,13-14,27,29H,7-8,11-12,15H2,1-6H3/b23-14+. The van der Waals surface area contributed by atoms with E-state index in [4.69, 9.17) is 4.74 Å². The van der Waals surface area contributed by atoms with Crippen LogP contribution in [0.15, 0.2) is 23.3 Å². The number of hydrazone groups is 1. The molecule has 1 aromatic carbocycles. The molecule has 0 bridgehead atoms. The van der Waals surface area contributed by atoms with Crippen LogP contribution in [-0.2, 0) is 0 Å². The Morgan fingerprint density at radius 2 is 1.83 bits per heavy atom. The van der Waals surface area contributed by atoms with Gasteiger partial charge in [0.15, 0.2) is 5.82 Å². The maximum absolute atomic E-state index is 9.97. The summed E-state index contributed by atoms with van der Waals surface area (Å²) in [5.74, 6) is 0.938. The topological polar surface area (TPSA) is 95.8 Å². The Morgan fingerprint density at radius 3 is 2.47 bits per heavy atom. The zero-order valence-corrected chi connectivity index (χ0v) is 18.9. The Kier molecular flexibility index (Phi) is 8.53. The average molecular weight is 415 g/mol. The number of aliphatic hydroxyl groups is 1. The van der Waals surface area contributed by atoms with Crippen molar-refractivity contribution in [3.63, 3.8) is 0 Å². The van der Waals surface area contributed by atoms with Crippen molar-refractivity contribution >= 4 is 17.9 Å². The van der Waals surface area contributed by atoms with Gasteiger partial charge in [0.1, 0.15) is 6.61 Å². The van der Waals surface area contributed by atoms with E-state index < -0.39 is 5.60 Å². The Morgan fingerprint density at radius 1 is 1.13 bits per heavy atom. The first kappa shape index (κ1) is 23.5. The van der Waals surface area contributed by atoms with Crippen LogP contribution in [0.25, 0.3) is 0 Å². The van der Waals surface area contributed by atoms with E-state index in [9.17, 15) is 5.11 Å². The molecule has 0 saturated heterocycles. The minimum atomic E-state index is -0.988. The third-order valence-corrected chi connectivity index (χ3v) is 4.20. The van der Waals surface area contributed by atoms with E-state index in [1.54, 1.807) is 20.1 Å². The van der Waals surface area contributed by atoms with Crippen molar-refractivity contribution in [3.05, 3.63) is 35.2 Å². The largest absolute Gasteiger partial charge is 0.460 e. The van der Waals surface area contributed by atoms with Gasteiger partial charge in [0.05, 0.1) is 17.5 Å². The monoisotopic (exact) mass is 414 g/mol. The summed E-state index contributed by atoms with van der Waals surface area (Å²) in [4.78, 5) is 15.5. The Bertz CT molecular complexity index is 842. The van der Waals surface area contributed by atoms with E-state index in [1.165, 1.54) is 0 Å². The molecule has 30 heavy (non-hydrogen) atoms. The lowest BCUT2D eigenvalue weighted by atomic mass is 10.1. The van der Waals surface area contributed by atoms with Crippen molar-refractivity contribution in [2.75, 3.05) is 30.0 Å². The summed E-state index contributed by atoms with van der Waals surface area (Å²) in [6.07, 6.45) is 3.51. The molecule has 0 unspecified atom stereocenters. The number of nitrogens with zero attached hydrogens (tertiary/aromatic N) is 5. The van der Waals surface area contributed by atoms with E-state index in [2.05, 4.69) is 50.3 Å². The van der Waals surface area contributed by atoms with Crippen LogP contribution in [-0.4, -0.2) is 51.6 Å². The van der Waals surface area contributed by atoms with E-state index >= 15 is 0 Å². The van der Waals surface area contributed by atoms with Crippen molar-refractivity contribution < 1.29 is 9.84 Å². The van der Waals surface area contributed by atoms with Crippen LogP contribution in [0.3, 0.4) is 0 Å². The molecule has 0 radical (unpaired) electrons. The molecule has 0 amide bonds. The average Bonchev–Trinajstić information content (AvgIpc) is 2.68. The molecule has 0 atom stereocenters. The summed E-state index contributed by atoms with van der Waals surface area (Å²) in [5, 5.41) is 14.3. The first-order chi connectivity index (χ1) is 14.2. The molecule has 8 nitrogen and oxygen atoms in total. The third kappa shape index (κ3) is 7.59. The molecule has 0 aliphatic carbocycles. The fourth-order valence-electron chi connectivity index (χ4n) is 2.73. The maximum Gasteiger partial charge on any atom is 0.321 e. The molecule has 0 aliphatic heterocycles. The summed E-state index contributed by atoms with van der Waals surface area (Å²) in [7, 11) is 0. The molecule has 2 rings (SSSR count). The van der Waals surface area contributed by atoms with Crippen LogP contribution in [0.2, 0.25) is 0 Å². The number of rotatable bonds is 11. The quantitative estimate of drug-likeness (QED) is 0.427. The number of aromatic nitrogens is 3. The lowest BCUT2D eigenvalue weighted by molar-refractivity contribution is 0.0249. The zero-order valence-electron chi connectivity index (χ0n) is 18.9. The highest BCUT2D eigenvalue weighted by atomic mass is 16.5. The van der Waals surface area contributed by atoms with Gasteiger partial charge in [-0.05, 0) is 57.7 Å². The second-order valence-electron chi connectivity index (χ2n) is 8.05. The van der Waals surface area contributed by atoms with Gasteiger partial charge in [-0.1, -0.05) is 26.0 Å². The van der Waals surface area contributed by atoms with Gasteiger partial charge in [-0.25, -0.2) is 0 Å². The predicted molar refractivity (Wildman–Crippen MR) is 122 cm³/mol. The number of nitrogens with one attached hydrogen (secondary N) is 1. The molecule has 8 heteroatoms. The van der Waals surface area contributed by atoms with Gasteiger partial charge in [0.25, 0.3) is 0 Å². The number of hydrogen-bond acceptors (Lipinski definition) is 8. The van der Waals surface area contributed by atoms with Crippen LogP contribution in [0.5, 0.6) is 6.01 Å². The molecular formula is C22H34N6O2. The van der Waals surface area contributed by atoms with Crippen LogP contribution >= 0.6 is 0 Å².